The summed E-state index contributed by atoms with van der Waals surface area (Å²) in [6.45, 7) is 0. The molecule has 2 heterocycles. The Morgan fingerprint density at radius 1 is 0.900 bits per heavy atom. The first-order valence-electron chi connectivity index (χ1n) is 6.73. The van der Waals surface area contributed by atoms with Crippen LogP contribution in [-0.4, -0.2) is 15.0 Å². The van der Waals surface area contributed by atoms with E-state index >= 15 is 0 Å². The third kappa shape index (κ3) is 1.86. The molecule has 0 unspecified atom stereocenters. The maximum atomic E-state index is 6.26. The van der Waals surface area contributed by atoms with Crippen molar-refractivity contribution in [1.82, 2.24) is 15.0 Å². The van der Waals surface area contributed by atoms with Crippen LogP contribution in [0.5, 0.6) is 0 Å². The van der Waals surface area contributed by atoms with Gasteiger partial charge in [0.25, 0.3) is 0 Å². The number of pyridine rings is 1. The summed E-state index contributed by atoms with van der Waals surface area (Å²) in [6, 6.07) is 12.0. The van der Waals surface area contributed by atoms with Crippen LogP contribution in [-0.2, 0) is 12.8 Å². The molecule has 0 N–H and O–H groups in total. The molecule has 98 valence electrons. The smallest absolute Gasteiger partial charge is 0.179 e. The minimum absolute atomic E-state index is 0.581. The number of aromatic nitrogens is 3. The molecule has 0 radical (unpaired) electrons. The lowest BCUT2D eigenvalue weighted by Crippen LogP contribution is -1.98. The monoisotopic (exact) mass is 281 g/mol. The molecular formula is C16H12ClN3. The van der Waals surface area contributed by atoms with Gasteiger partial charge in [0.2, 0.25) is 0 Å². The zero-order chi connectivity index (χ0) is 13.5. The molecular weight excluding hydrogens is 270 g/mol. The lowest BCUT2D eigenvalue weighted by Gasteiger charge is -2.06. The first-order chi connectivity index (χ1) is 9.81. The second kappa shape index (κ2) is 4.53. The summed E-state index contributed by atoms with van der Waals surface area (Å²) in [4.78, 5) is 13.7. The van der Waals surface area contributed by atoms with Crippen LogP contribution in [0.25, 0.3) is 22.4 Å². The SMILES string of the molecule is Clc1nc(-c2ccc3ccccc3n2)nc2c1CCC2. The van der Waals surface area contributed by atoms with Crippen molar-refractivity contribution in [1.29, 1.82) is 0 Å². The van der Waals surface area contributed by atoms with Crippen molar-refractivity contribution in [2.24, 2.45) is 0 Å². The number of halogens is 1. The number of rotatable bonds is 1. The summed E-state index contributed by atoms with van der Waals surface area (Å²) in [5.74, 6) is 0.626. The van der Waals surface area contributed by atoms with Gasteiger partial charge in [-0.2, -0.15) is 0 Å². The second-order valence-corrected chi connectivity index (χ2v) is 5.36. The van der Waals surface area contributed by atoms with Gasteiger partial charge in [-0.05, 0) is 31.4 Å². The minimum Gasteiger partial charge on any atom is -0.244 e. The summed E-state index contributed by atoms with van der Waals surface area (Å²) in [5, 5.41) is 1.70. The van der Waals surface area contributed by atoms with E-state index in [0.29, 0.717) is 11.0 Å². The van der Waals surface area contributed by atoms with Gasteiger partial charge in [-0.3, -0.25) is 0 Å². The normalized spacial score (nSPS) is 13.7. The van der Waals surface area contributed by atoms with Gasteiger partial charge >= 0.3 is 0 Å². The minimum atomic E-state index is 0.581. The number of benzene rings is 1. The van der Waals surface area contributed by atoms with E-state index in [2.05, 4.69) is 15.0 Å². The number of hydrogen-bond acceptors (Lipinski definition) is 3. The van der Waals surface area contributed by atoms with Gasteiger partial charge in [-0.1, -0.05) is 35.9 Å². The molecule has 1 aliphatic rings. The fourth-order valence-corrected chi connectivity index (χ4v) is 2.98. The molecule has 4 rings (SSSR count). The predicted molar refractivity (Wildman–Crippen MR) is 79.8 cm³/mol. The number of fused-ring (bicyclic) bond motifs is 2. The highest BCUT2D eigenvalue weighted by Crippen LogP contribution is 2.28. The van der Waals surface area contributed by atoms with Crippen molar-refractivity contribution >= 4 is 22.5 Å². The fourth-order valence-electron chi connectivity index (χ4n) is 2.69. The molecule has 0 amide bonds. The van der Waals surface area contributed by atoms with Crippen molar-refractivity contribution in [2.75, 3.05) is 0 Å². The summed E-state index contributed by atoms with van der Waals surface area (Å²) in [5.41, 5.74) is 3.91. The maximum Gasteiger partial charge on any atom is 0.179 e. The standard InChI is InChI=1S/C16H12ClN3/c17-15-11-5-3-7-13(11)19-16(20-15)14-9-8-10-4-1-2-6-12(10)18-14/h1-2,4,6,8-9H,3,5,7H2. The van der Waals surface area contributed by atoms with Crippen molar-refractivity contribution in [3.8, 4) is 11.5 Å². The van der Waals surface area contributed by atoms with Crippen LogP contribution in [0.15, 0.2) is 36.4 Å². The Balaban J connectivity index is 1.88. The van der Waals surface area contributed by atoms with Gasteiger partial charge in [0.1, 0.15) is 10.8 Å². The van der Waals surface area contributed by atoms with E-state index in [4.69, 9.17) is 11.6 Å². The van der Waals surface area contributed by atoms with E-state index in [1.54, 1.807) is 0 Å². The Labute approximate surface area is 121 Å². The average molecular weight is 282 g/mol. The molecule has 4 heteroatoms. The van der Waals surface area contributed by atoms with Crippen LogP contribution in [0.4, 0.5) is 0 Å². The molecule has 1 aromatic carbocycles. The molecule has 0 spiro atoms. The van der Waals surface area contributed by atoms with Gasteiger partial charge in [0.05, 0.1) is 5.52 Å². The molecule has 0 aliphatic heterocycles. The highest BCUT2D eigenvalue weighted by Gasteiger charge is 2.19. The lowest BCUT2D eigenvalue weighted by molar-refractivity contribution is 0.899. The van der Waals surface area contributed by atoms with E-state index in [0.717, 1.165) is 47.1 Å². The Bertz CT molecular complexity index is 814. The predicted octanol–water partition coefficient (Wildman–Crippen LogP) is 3.83. The van der Waals surface area contributed by atoms with Crippen LogP contribution in [0.2, 0.25) is 5.15 Å². The zero-order valence-corrected chi connectivity index (χ0v) is 11.6. The number of aryl methyl sites for hydroxylation is 1. The number of para-hydroxylation sites is 1. The van der Waals surface area contributed by atoms with Crippen LogP contribution in [0.1, 0.15) is 17.7 Å². The Morgan fingerprint density at radius 2 is 1.80 bits per heavy atom. The van der Waals surface area contributed by atoms with Gasteiger partial charge in [-0.15, -0.1) is 0 Å². The molecule has 3 nitrogen and oxygen atoms in total. The number of hydrogen-bond donors (Lipinski definition) is 0. The van der Waals surface area contributed by atoms with E-state index < -0.39 is 0 Å². The third-order valence-electron chi connectivity index (χ3n) is 3.71. The second-order valence-electron chi connectivity index (χ2n) is 5.01. The van der Waals surface area contributed by atoms with Crippen LogP contribution < -0.4 is 0 Å². The van der Waals surface area contributed by atoms with E-state index in [9.17, 15) is 0 Å². The topological polar surface area (TPSA) is 38.7 Å². The maximum absolute atomic E-state index is 6.26. The summed E-state index contributed by atoms with van der Waals surface area (Å²) in [7, 11) is 0. The molecule has 0 saturated carbocycles. The Hall–Kier alpha value is -2.00. The molecule has 0 fully saturated rings. The van der Waals surface area contributed by atoms with Crippen LogP contribution in [0, 0.1) is 0 Å². The first-order valence-corrected chi connectivity index (χ1v) is 7.10. The molecule has 0 bridgehead atoms. The van der Waals surface area contributed by atoms with Gasteiger partial charge in [0.15, 0.2) is 5.82 Å². The highest BCUT2D eigenvalue weighted by molar-refractivity contribution is 6.30. The quantitative estimate of drug-likeness (QED) is 0.636. The van der Waals surface area contributed by atoms with E-state index in [1.807, 2.05) is 36.4 Å². The molecule has 3 aromatic rings. The van der Waals surface area contributed by atoms with Crippen molar-refractivity contribution < 1.29 is 0 Å². The van der Waals surface area contributed by atoms with E-state index in [-0.39, 0.29) is 0 Å². The number of nitrogens with zero attached hydrogens (tertiary/aromatic N) is 3. The van der Waals surface area contributed by atoms with Gasteiger partial charge < -0.3 is 0 Å². The Kier molecular flexibility index (Phi) is 2.67. The summed E-state index contributed by atoms with van der Waals surface area (Å²) < 4.78 is 0. The van der Waals surface area contributed by atoms with E-state index in [1.165, 1.54) is 0 Å². The average Bonchev–Trinajstić information content (AvgIpc) is 2.96. The van der Waals surface area contributed by atoms with Crippen molar-refractivity contribution in [2.45, 2.75) is 19.3 Å². The summed E-state index contributed by atoms with van der Waals surface area (Å²) >= 11 is 6.26. The Morgan fingerprint density at radius 3 is 2.75 bits per heavy atom. The fraction of sp³-hybridized carbons (Fsp3) is 0.188. The molecule has 2 aromatic heterocycles. The van der Waals surface area contributed by atoms with Crippen LogP contribution >= 0.6 is 11.6 Å². The van der Waals surface area contributed by atoms with Crippen LogP contribution in [0.3, 0.4) is 0 Å². The van der Waals surface area contributed by atoms with Crippen molar-refractivity contribution in [3.63, 3.8) is 0 Å². The molecule has 0 saturated heterocycles. The summed E-state index contributed by atoms with van der Waals surface area (Å²) in [6.07, 6.45) is 3.08. The first kappa shape index (κ1) is 11.8. The van der Waals surface area contributed by atoms with Gasteiger partial charge in [0, 0.05) is 16.6 Å². The van der Waals surface area contributed by atoms with Gasteiger partial charge in [-0.25, -0.2) is 15.0 Å². The lowest BCUT2D eigenvalue weighted by atomic mass is 10.2. The molecule has 1 aliphatic carbocycles. The molecule has 20 heavy (non-hydrogen) atoms. The largest absolute Gasteiger partial charge is 0.244 e. The highest BCUT2D eigenvalue weighted by atomic mass is 35.5. The van der Waals surface area contributed by atoms with Crippen molar-refractivity contribution in [3.05, 3.63) is 52.8 Å². The third-order valence-corrected chi connectivity index (χ3v) is 4.02. The zero-order valence-electron chi connectivity index (χ0n) is 10.8. The molecule has 0 atom stereocenters.